The lowest BCUT2D eigenvalue weighted by atomic mass is 9.88. The molecule has 0 N–H and O–H groups in total. The maximum absolute atomic E-state index is 5.94. The van der Waals surface area contributed by atoms with E-state index in [2.05, 4.69) is 38.1 Å². The summed E-state index contributed by atoms with van der Waals surface area (Å²) in [6, 6.07) is 10.6. The van der Waals surface area contributed by atoms with Gasteiger partial charge in [0.2, 0.25) is 0 Å². The smallest absolute Gasteiger partial charge is 0.164 e. The first-order valence-electron chi connectivity index (χ1n) is 21.0. The van der Waals surface area contributed by atoms with Crippen molar-refractivity contribution >= 4 is 0 Å². The van der Waals surface area contributed by atoms with Crippen LogP contribution in [-0.4, -0.2) is 28.4 Å². The zero-order chi connectivity index (χ0) is 36.1. The van der Waals surface area contributed by atoms with Gasteiger partial charge >= 0.3 is 0 Å². The normalized spacial score (nSPS) is 11.9. The van der Waals surface area contributed by atoms with Crippen molar-refractivity contribution in [1.82, 2.24) is 0 Å². The van der Waals surface area contributed by atoms with Gasteiger partial charge in [-0.15, -0.1) is 0 Å². The number of benzene rings is 2. The van der Waals surface area contributed by atoms with Crippen LogP contribution in [0, 0.1) is 0 Å². The van der Waals surface area contributed by atoms with Crippen molar-refractivity contribution in [2.24, 2.45) is 0 Å². The molecule has 50 heavy (non-hydrogen) atoms. The second-order valence-corrected chi connectivity index (χ2v) is 14.8. The summed E-state index contributed by atoms with van der Waals surface area (Å²) in [5.41, 5.74) is 4.13. The third kappa shape index (κ3) is 17.7. The molecule has 0 aliphatic rings. The average Bonchev–Trinajstić information content (AvgIpc) is 3.14. The molecule has 0 aliphatic carbocycles. The third-order valence-corrected chi connectivity index (χ3v) is 10.8. The highest BCUT2D eigenvalue weighted by atomic mass is 16.5. The molecule has 0 radical (unpaired) electrons. The molecule has 1 atom stereocenters. The molecule has 2 rings (SSSR count). The van der Waals surface area contributed by atoms with E-state index in [0.29, 0.717) is 5.92 Å². The second-order valence-electron chi connectivity index (χ2n) is 14.8. The Morgan fingerprint density at radius 3 is 1.36 bits per heavy atom. The number of rotatable bonds is 33. The SMILES string of the molecule is CCCCCCCCCCCCCCCc1c(C(C)CCCCCCCCCCCCCc2cccc(OC)c2OC)ccc(OC)c1OC. The predicted molar refractivity (Wildman–Crippen MR) is 216 cm³/mol. The minimum atomic E-state index is 0.553. The molecule has 0 aliphatic heterocycles. The van der Waals surface area contributed by atoms with Gasteiger partial charge in [0, 0.05) is 5.56 Å². The van der Waals surface area contributed by atoms with Gasteiger partial charge in [0.15, 0.2) is 23.0 Å². The first-order valence-corrected chi connectivity index (χ1v) is 21.0. The van der Waals surface area contributed by atoms with Crippen molar-refractivity contribution in [3.05, 3.63) is 47.0 Å². The van der Waals surface area contributed by atoms with Crippen LogP contribution in [0.5, 0.6) is 23.0 Å². The number of methoxy groups -OCH3 is 4. The molecule has 4 heteroatoms. The first-order chi connectivity index (χ1) is 24.6. The van der Waals surface area contributed by atoms with Crippen LogP contribution in [0.1, 0.15) is 197 Å². The van der Waals surface area contributed by atoms with Gasteiger partial charge in [-0.05, 0) is 61.3 Å². The summed E-state index contributed by atoms with van der Waals surface area (Å²) in [7, 11) is 7.01. The van der Waals surface area contributed by atoms with E-state index in [0.717, 1.165) is 35.8 Å². The standard InChI is InChI=1S/C46H78O4/c1-7-8-9-10-11-12-13-14-18-21-24-27-30-35-42-41(37-38-44(48-4)46(42)50-6)39(2)32-28-25-22-19-16-15-17-20-23-26-29-33-40-34-31-36-43(47-3)45(40)49-5/h31,34,36-39H,7-30,32-33,35H2,1-6H3. The highest BCUT2D eigenvalue weighted by molar-refractivity contribution is 5.52. The Morgan fingerprint density at radius 2 is 0.880 bits per heavy atom. The Kier molecular flexibility index (Phi) is 25.6. The van der Waals surface area contributed by atoms with Crippen LogP contribution in [0.25, 0.3) is 0 Å². The van der Waals surface area contributed by atoms with Gasteiger partial charge in [0.1, 0.15) is 0 Å². The van der Waals surface area contributed by atoms with Crippen LogP contribution in [-0.2, 0) is 12.8 Å². The van der Waals surface area contributed by atoms with E-state index in [1.165, 1.54) is 177 Å². The van der Waals surface area contributed by atoms with Gasteiger partial charge < -0.3 is 18.9 Å². The first kappa shape index (κ1) is 43.8. The average molecular weight is 695 g/mol. The number of hydrogen-bond donors (Lipinski definition) is 0. The summed E-state index contributed by atoms with van der Waals surface area (Å²) in [5, 5.41) is 0. The summed E-state index contributed by atoms with van der Waals surface area (Å²) in [6.07, 6.45) is 36.2. The number of hydrogen-bond acceptors (Lipinski definition) is 4. The topological polar surface area (TPSA) is 36.9 Å². The van der Waals surface area contributed by atoms with Crippen molar-refractivity contribution < 1.29 is 18.9 Å². The van der Waals surface area contributed by atoms with E-state index in [1.54, 1.807) is 28.4 Å². The monoisotopic (exact) mass is 695 g/mol. The highest BCUT2D eigenvalue weighted by Gasteiger charge is 2.18. The summed E-state index contributed by atoms with van der Waals surface area (Å²) in [5.74, 6) is 4.13. The Morgan fingerprint density at radius 1 is 0.440 bits per heavy atom. The molecule has 0 amide bonds. The van der Waals surface area contributed by atoms with Gasteiger partial charge in [0.05, 0.1) is 28.4 Å². The molecule has 1 unspecified atom stereocenters. The fraction of sp³-hybridized carbons (Fsp3) is 0.739. The maximum Gasteiger partial charge on any atom is 0.164 e. The van der Waals surface area contributed by atoms with Gasteiger partial charge in [0.25, 0.3) is 0 Å². The molecule has 0 fully saturated rings. The summed E-state index contributed by atoms with van der Waals surface area (Å²) in [4.78, 5) is 0. The van der Waals surface area contributed by atoms with Crippen LogP contribution >= 0.6 is 0 Å². The zero-order valence-electron chi connectivity index (χ0n) is 33.7. The van der Waals surface area contributed by atoms with E-state index in [-0.39, 0.29) is 0 Å². The molecular weight excluding hydrogens is 617 g/mol. The molecule has 2 aromatic carbocycles. The molecule has 0 saturated heterocycles. The fourth-order valence-corrected chi connectivity index (χ4v) is 7.71. The van der Waals surface area contributed by atoms with Gasteiger partial charge in [-0.3, -0.25) is 0 Å². The number of unbranched alkanes of at least 4 members (excludes halogenated alkanes) is 22. The second kappa shape index (κ2) is 29.2. The molecule has 0 spiro atoms. The predicted octanol–water partition coefficient (Wildman–Crippen LogP) is 14.4. The van der Waals surface area contributed by atoms with E-state index >= 15 is 0 Å². The van der Waals surface area contributed by atoms with Crippen molar-refractivity contribution in [2.45, 2.75) is 193 Å². The van der Waals surface area contributed by atoms with Crippen LogP contribution < -0.4 is 18.9 Å². The van der Waals surface area contributed by atoms with Crippen molar-refractivity contribution in [3.8, 4) is 23.0 Å². The molecular formula is C46H78O4. The molecule has 0 heterocycles. The minimum Gasteiger partial charge on any atom is -0.493 e. The molecule has 286 valence electrons. The Hall–Kier alpha value is -2.36. The quantitative estimate of drug-likeness (QED) is 0.0697. The zero-order valence-corrected chi connectivity index (χ0v) is 33.7. The van der Waals surface area contributed by atoms with Gasteiger partial charge in [-0.1, -0.05) is 173 Å². The molecule has 0 aromatic heterocycles. The lowest BCUT2D eigenvalue weighted by molar-refractivity contribution is 0.350. The van der Waals surface area contributed by atoms with E-state index in [9.17, 15) is 0 Å². The van der Waals surface area contributed by atoms with E-state index in [4.69, 9.17) is 18.9 Å². The Labute approximate surface area is 309 Å². The van der Waals surface area contributed by atoms with Crippen LogP contribution in [0.3, 0.4) is 0 Å². The number of aryl methyl sites for hydroxylation is 1. The van der Waals surface area contributed by atoms with Gasteiger partial charge in [-0.25, -0.2) is 0 Å². The maximum atomic E-state index is 5.94. The van der Waals surface area contributed by atoms with Crippen molar-refractivity contribution in [3.63, 3.8) is 0 Å². The summed E-state index contributed by atoms with van der Waals surface area (Å²) >= 11 is 0. The third-order valence-electron chi connectivity index (χ3n) is 10.8. The molecule has 0 saturated carbocycles. The van der Waals surface area contributed by atoms with Crippen molar-refractivity contribution in [1.29, 1.82) is 0 Å². The van der Waals surface area contributed by atoms with Crippen LogP contribution in [0.4, 0.5) is 0 Å². The summed E-state index contributed by atoms with van der Waals surface area (Å²) < 4.78 is 22.7. The Bertz CT molecular complexity index is 1100. The van der Waals surface area contributed by atoms with Gasteiger partial charge in [-0.2, -0.15) is 0 Å². The van der Waals surface area contributed by atoms with Crippen LogP contribution in [0.2, 0.25) is 0 Å². The Balaban J connectivity index is 1.57. The molecule has 4 nitrogen and oxygen atoms in total. The molecule has 0 bridgehead atoms. The number of para-hydroxylation sites is 1. The van der Waals surface area contributed by atoms with Crippen molar-refractivity contribution in [2.75, 3.05) is 28.4 Å². The minimum absolute atomic E-state index is 0.553. The lowest BCUT2D eigenvalue weighted by Crippen LogP contribution is -2.05. The number of ether oxygens (including phenoxy) is 4. The van der Waals surface area contributed by atoms with Crippen LogP contribution in [0.15, 0.2) is 30.3 Å². The fourth-order valence-electron chi connectivity index (χ4n) is 7.71. The summed E-state index contributed by atoms with van der Waals surface area (Å²) in [6.45, 7) is 4.72. The van der Waals surface area contributed by atoms with E-state index < -0.39 is 0 Å². The lowest BCUT2D eigenvalue weighted by Gasteiger charge is -2.21. The highest BCUT2D eigenvalue weighted by Crippen LogP contribution is 2.39. The largest absolute Gasteiger partial charge is 0.493 e. The molecule has 2 aromatic rings. The van der Waals surface area contributed by atoms with E-state index in [1.807, 2.05) is 6.07 Å².